The van der Waals surface area contributed by atoms with Crippen LogP contribution in [0.4, 0.5) is 0 Å². The maximum atomic E-state index is 10.6. The van der Waals surface area contributed by atoms with Gasteiger partial charge >= 0.3 is 0 Å². The molecule has 0 aliphatic rings. The highest BCUT2D eigenvalue weighted by Crippen LogP contribution is 2.16. The number of hydrogen-bond acceptors (Lipinski definition) is 2. The Morgan fingerprint density at radius 3 is 2.08 bits per heavy atom. The molecule has 12 heavy (non-hydrogen) atoms. The third kappa shape index (κ3) is 2.89. The van der Waals surface area contributed by atoms with Crippen LogP contribution in [0.25, 0.3) is 0 Å². The average Bonchev–Trinajstić information content (AvgIpc) is 1.86. The molecule has 0 atom stereocenters. The van der Waals surface area contributed by atoms with E-state index in [0.29, 0.717) is 3.57 Å². The van der Waals surface area contributed by atoms with E-state index in [2.05, 4.69) is 0 Å². The summed E-state index contributed by atoms with van der Waals surface area (Å²) in [5, 5.41) is 0. The molecule has 0 aliphatic carbocycles. The molecule has 0 bridgehead atoms. The predicted molar refractivity (Wildman–Crippen MR) is 56.2 cm³/mol. The van der Waals surface area contributed by atoms with Gasteiger partial charge in [0.05, 0.1) is 0 Å². The van der Waals surface area contributed by atoms with Crippen molar-refractivity contribution in [3.05, 3.63) is 27.8 Å². The molecule has 0 aromatic heterocycles. The molecule has 0 fully saturated rings. The number of halogens is 2. The molecule has 1 aromatic rings. The first-order valence-corrected chi connectivity index (χ1v) is 5.26. The molecular formula is C6H6ClIO3S. The van der Waals surface area contributed by atoms with Crippen LogP contribution in [0.1, 0.15) is 0 Å². The summed E-state index contributed by atoms with van der Waals surface area (Å²) in [6, 6.07) is 6.24. The minimum atomic E-state index is -4.04. The van der Waals surface area contributed by atoms with E-state index in [0.717, 1.165) is 0 Å². The second-order valence-corrected chi connectivity index (χ2v) is 4.46. The Bertz CT molecular complexity index is 363. The quantitative estimate of drug-likeness (QED) is 0.636. The van der Waals surface area contributed by atoms with Gasteiger partial charge in [0.25, 0.3) is 10.1 Å². The van der Waals surface area contributed by atoms with Crippen LogP contribution in [-0.4, -0.2) is 13.0 Å². The van der Waals surface area contributed by atoms with Gasteiger partial charge in [-0.1, -0.05) is 12.1 Å². The van der Waals surface area contributed by atoms with Gasteiger partial charge in [0.2, 0.25) is 0 Å². The van der Waals surface area contributed by atoms with Crippen molar-refractivity contribution in [3.63, 3.8) is 0 Å². The average molecular weight is 321 g/mol. The maximum absolute atomic E-state index is 10.6. The van der Waals surface area contributed by atoms with Crippen molar-refractivity contribution < 1.29 is 13.0 Å². The lowest BCUT2D eigenvalue weighted by molar-refractivity contribution is 0.482. The largest absolute Gasteiger partial charge is 0.295 e. The summed E-state index contributed by atoms with van der Waals surface area (Å²) in [7, 11) is -4.04. The lowest BCUT2D eigenvalue weighted by atomic mass is 10.4. The molecular weight excluding hydrogens is 314 g/mol. The van der Waals surface area contributed by atoms with Gasteiger partial charge < -0.3 is 0 Å². The fourth-order valence-electron chi connectivity index (χ4n) is 0.654. The van der Waals surface area contributed by atoms with E-state index < -0.39 is 10.1 Å². The molecule has 6 heteroatoms. The molecule has 3 nitrogen and oxygen atoms in total. The zero-order valence-corrected chi connectivity index (χ0v) is 9.56. The van der Waals surface area contributed by atoms with Crippen LogP contribution >= 0.6 is 35.0 Å². The maximum Gasteiger partial charge on any atom is 0.295 e. The Kier molecular flexibility index (Phi) is 4.46. The van der Waals surface area contributed by atoms with Gasteiger partial charge in [0.15, 0.2) is 0 Å². The summed E-state index contributed by atoms with van der Waals surface area (Å²) < 4.78 is 30.4. The van der Waals surface area contributed by atoms with E-state index in [1.165, 1.54) is 6.07 Å². The molecule has 1 N–H and O–H groups in total. The van der Waals surface area contributed by atoms with Crippen molar-refractivity contribution in [2.24, 2.45) is 0 Å². The molecule has 0 amide bonds. The summed E-state index contributed by atoms with van der Waals surface area (Å²) in [5.41, 5.74) is 0. The molecule has 0 heterocycles. The molecule has 0 aliphatic heterocycles. The van der Waals surface area contributed by atoms with Crippen LogP contribution in [0.15, 0.2) is 29.2 Å². The molecule has 0 unspecified atom stereocenters. The van der Waals surface area contributed by atoms with Crippen LogP contribution in [0, 0.1) is 3.57 Å². The Balaban J connectivity index is 0.00000121. The lowest BCUT2D eigenvalue weighted by Gasteiger charge is -1.97. The zero-order chi connectivity index (χ0) is 8.48. The first-order valence-electron chi connectivity index (χ1n) is 2.74. The van der Waals surface area contributed by atoms with E-state index in [-0.39, 0.29) is 17.3 Å². The molecule has 0 radical (unpaired) electrons. The summed E-state index contributed by atoms with van der Waals surface area (Å²) in [6.07, 6.45) is 0. The van der Waals surface area contributed by atoms with E-state index in [1.807, 2.05) is 22.6 Å². The highest BCUT2D eigenvalue weighted by molar-refractivity contribution is 14.1. The Labute approximate surface area is 90.5 Å². The van der Waals surface area contributed by atoms with Crippen molar-refractivity contribution in [2.75, 3.05) is 0 Å². The predicted octanol–water partition coefficient (Wildman–Crippen LogP) is 1.96. The van der Waals surface area contributed by atoms with Crippen molar-refractivity contribution in [3.8, 4) is 0 Å². The number of hydrogen-bond donors (Lipinski definition) is 1. The van der Waals surface area contributed by atoms with Gasteiger partial charge in [-0.15, -0.1) is 12.4 Å². The van der Waals surface area contributed by atoms with Gasteiger partial charge in [-0.2, -0.15) is 8.42 Å². The van der Waals surface area contributed by atoms with Crippen molar-refractivity contribution in [1.82, 2.24) is 0 Å². The summed E-state index contributed by atoms with van der Waals surface area (Å²) in [4.78, 5) is -0.0411. The smallest absolute Gasteiger partial charge is 0.282 e. The number of benzene rings is 1. The van der Waals surface area contributed by atoms with Crippen LogP contribution < -0.4 is 0 Å². The Morgan fingerprint density at radius 1 is 1.25 bits per heavy atom. The van der Waals surface area contributed by atoms with Crippen LogP contribution in [-0.2, 0) is 10.1 Å². The van der Waals surface area contributed by atoms with Crippen molar-refractivity contribution in [2.45, 2.75) is 4.90 Å². The minimum Gasteiger partial charge on any atom is -0.282 e. The van der Waals surface area contributed by atoms with E-state index in [4.69, 9.17) is 4.55 Å². The molecule has 0 saturated heterocycles. The third-order valence-corrected chi connectivity index (χ3v) is 3.33. The van der Waals surface area contributed by atoms with Crippen LogP contribution in [0.2, 0.25) is 0 Å². The van der Waals surface area contributed by atoms with Crippen molar-refractivity contribution in [1.29, 1.82) is 0 Å². The van der Waals surface area contributed by atoms with E-state index in [9.17, 15) is 8.42 Å². The third-order valence-electron chi connectivity index (χ3n) is 1.11. The molecule has 0 saturated carbocycles. The summed E-state index contributed by atoms with van der Waals surface area (Å²) in [6.45, 7) is 0. The van der Waals surface area contributed by atoms with Gasteiger partial charge in [-0.05, 0) is 34.7 Å². The minimum absolute atomic E-state index is 0. The Morgan fingerprint density at radius 2 is 1.75 bits per heavy atom. The fourth-order valence-corrected chi connectivity index (χ4v) is 2.44. The summed E-state index contributed by atoms with van der Waals surface area (Å²) in [5.74, 6) is 0. The van der Waals surface area contributed by atoms with Gasteiger partial charge in [0, 0.05) is 3.57 Å². The van der Waals surface area contributed by atoms with E-state index in [1.54, 1.807) is 18.2 Å². The monoisotopic (exact) mass is 320 g/mol. The van der Waals surface area contributed by atoms with Crippen LogP contribution in [0.3, 0.4) is 0 Å². The molecule has 1 rings (SSSR count). The first-order chi connectivity index (χ1) is 5.02. The first kappa shape index (κ1) is 12.2. The SMILES string of the molecule is Cl.O=S(=O)(O)c1ccccc1I. The van der Waals surface area contributed by atoms with Gasteiger partial charge in [0.1, 0.15) is 4.90 Å². The second-order valence-electron chi connectivity index (χ2n) is 1.91. The van der Waals surface area contributed by atoms with Crippen molar-refractivity contribution >= 4 is 45.1 Å². The molecule has 1 aromatic carbocycles. The highest BCUT2D eigenvalue weighted by Gasteiger charge is 2.11. The highest BCUT2D eigenvalue weighted by atomic mass is 127. The zero-order valence-electron chi connectivity index (χ0n) is 5.77. The van der Waals surface area contributed by atoms with E-state index >= 15 is 0 Å². The lowest BCUT2D eigenvalue weighted by Crippen LogP contribution is -1.99. The van der Waals surface area contributed by atoms with Crippen LogP contribution in [0.5, 0.6) is 0 Å². The Hall–Kier alpha value is 0.150. The van der Waals surface area contributed by atoms with Gasteiger partial charge in [-0.25, -0.2) is 0 Å². The van der Waals surface area contributed by atoms with Gasteiger partial charge in [-0.3, -0.25) is 4.55 Å². The molecule has 0 spiro atoms. The normalized spacial score (nSPS) is 10.5. The summed E-state index contributed by atoms with van der Waals surface area (Å²) >= 11 is 1.85. The number of rotatable bonds is 1. The topological polar surface area (TPSA) is 54.4 Å². The standard InChI is InChI=1S/C6H5IO3S.ClH/c7-5-3-1-2-4-6(5)11(8,9)10;/h1-4H,(H,8,9,10);1H. The second kappa shape index (κ2) is 4.40. The molecule has 68 valence electrons. The fraction of sp³-hybridized carbons (Fsp3) is 0.